The van der Waals surface area contributed by atoms with Gasteiger partial charge in [0.15, 0.2) is 5.82 Å². The monoisotopic (exact) mass is 573 g/mol. The largest absolute Gasteiger partial charge is 0.309 e. The third kappa shape index (κ3) is 4.29. The smallest absolute Gasteiger partial charge is 0.160 e. The molecule has 45 heavy (non-hydrogen) atoms. The molecular formula is C42H27N3. The highest BCUT2D eigenvalue weighted by atomic mass is 15.0. The summed E-state index contributed by atoms with van der Waals surface area (Å²) in [4.78, 5) is 10.2. The second-order valence-electron chi connectivity index (χ2n) is 11.5. The average Bonchev–Trinajstić information content (AvgIpc) is 3.43. The summed E-state index contributed by atoms with van der Waals surface area (Å²) in [6.07, 6.45) is 0. The van der Waals surface area contributed by atoms with Gasteiger partial charge < -0.3 is 4.57 Å². The van der Waals surface area contributed by atoms with Gasteiger partial charge in [-0.15, -0.1) is 0 Å². The van der Waals surface area contributed by atoms with Crippen molar-refractivity contribution in [3.05, 3.63) is 164 Å². The molecule has 0 aliphatic heterocycles. The molecule has 2 aromatic heterocycles. The van der Waals surface area contributed by atoms with E-state index in [1.54, 1.807) is 0 Å². The summed E-state index contributed by atoms with van der Waals surface area (Å²) >= 11 is 0. The molecule has 0 aliphatic carbocycles. The van der Waals surface area contributed by atoms with Gasteiger partial charge in [-0.2, -0.15) is 0 Å². The summed E-state index contributed by atoms with van der Waals surface area (Å²) in [5, 5.41) is 7.31. The van der Waals surface area contributed by atoms with Crippen molar-refractivity contribution in [2.45, 2.75) is 0 Å². The van der Waals surface area contributed by atoms with Crippen LogP contribution in [0.15, 0.2) is 164 Å². The Kier molecular flexibility index (Phi) is 5.82. The van der Waals surface area contributed by atoms with Gasteiger partial charge in [0.05, 0.1) is 28.1 Å². The normalized spacial score (nSPS) is 11.6. The van der Waals surface area contributed by atoms with Gasteiger partial charge in [0, 0.05) is 32.8 Å². The van der Waals surface area contributed by atoms with E-state index in [1.165, 1.54) is 38.0 Å². The lowest BCUT2D eigenvalue weighted by Gasteiger charge is -2.14. The lowest BCUT2D eigenvalue weighted by Crippen LogP contribution is -1.98. The van der Waals surface area contributed by atoms with E-state index in [2.05, 4.69) is 156 Å². The van der Waals surface area contributed by atoms with Crippen molar-refractivity contribution < 1.29 is 0 Å². The Morgan fingerprint density at radius 2 is 0.978 bits per heavy atom. The summed E-state index contributed by atoms with van der Waals surface area (Å²) in [5.74, 6) is 0.708. The van der Waals surface area contributed by atoms with Crippen LogP contribution in [0, 0.1) is 0 Å². The van der Waals surface area contributed by atoms with E-state index < -0.39 is 0 Å². The number of benzene rings is 7. The van der Waals surface area contributed by atoms with Crippen molar-refractivity contribution in [2.75, 3.05) is 0 Å². The molecule has 0 amide bonds. The third-order valence-corrected chi connectivity index (χ3v) is 8.76. The van der Waals surface area contributed by atoms with Crippen molar-refractivity contribution in [2.24, 2.45) is 0 Å². The van der Waals surface area contributed by atoms with Gasteiger partial charge in [-0.05, 0) is 52.6 Å². The molecule has 7 aromatic carbocycles. The first-order chi connectivity index (χ1) is 22.3. The molecule has 0 fully saturated rings. The maximum atomic E-state index is 5.11. The number of rotatable bonds is 4. The quantitative estimate of drug-likeness (QED) is 0.210. The SMILES string of the molecule is c1ccc(-c2cc(-c3ccccc3)nc(-c3ccc4cccc(-n5c6ccccc6c6cc7ccccc7cc65)c4c3)n2)cc1. The average molecular weight is 574 g/mol. The van der Waals surface area contributed by atoms with Crippen LogP contribution in [0.2, 0.25) is 0 Å². The minimum atomic E-state index is 0.708. The molecule has 0 bridgehead atoms. The molecule has 0 saturated heterocycles. The molecule has 9 aromatic rings. The topological polar surface area (TPSA) is 30.7 Å². The zero-order valence-electron chi connectivity index (χ0n) is 24.4. The number of nitrogens with zero attached hydrogens (tertiary/aromatic N) is 3. The van der Waals surface area contributed by atoms with Gasteiger partial charge in [-0.3, -0.25) is 0 Å². The van der Waals surface area contributed by atoms with Crippen LogP contribution in [-0.4, -0.2) is 14.5 Å². The fourth-order valence-electron chi connectivity index (χ4n) is 6.59. The predicted octanol–water partition coefficient (Wildman–Crippen LogP) is 10.9. The molecule has 3 heteroatoms. The molecule has 0 atom stereocenters. The van der Waals surface area contributed by atoms with E-state index in [-0.39, 0.29) is 0 Å². The Balaban J connectivity index is 1.30. The summed E-state index contributed by atoms with van der Waals surface area (Å²) < 4.78 is 2.42. The number of hydrogen-bond donors (Lipinski definition) is 0. The first kappa shape index (κ1) is 25.4. The Hall–Kier alpha value is -6.06. The molecular weight excluding hydrogens is 546 g/mol. The van der Waals surface area contributed by atoms with Crippen LogP contribution >= 0.6 is 0 Å². The first-order valence-corrected chi connectivity index (χ1v) is 15.3. The van der Waals surface area contributed by atoms with Crippen LogP contribution in [0.3, 0.4) is 0 Å². The van der Waals surface area contributed by atoms with E-state index in [0.717, 1.165) is 39.2 Å². The molecule has 0 saturated carbocycles. The van der Waals surface area contributed by atoms with Crippen LogP contribution in [0.4, 0.5) is 0 Å². The van der Waals surface area contributed by atoms with Crippen molar-refractivity contribution in [3.8, 4) is 39.6 Å². The summed E-state index contributed by atoms with van der Waals surface area (Å²) in [7, 11) is 0. The summed E-state index contributed by atoms with van der Waals surface area (Å²) in [5.41, 5.74) is 8.45. The highest BCUT2D eigenvalue weighted by Crippen LogP contribution is 2.38. The Bertz CT molecular complexity index is 2470. The number of hydrogen-bond acceptors (Lipinski definition) is 2. The van der Waals surface area contributed by atoms with Gasteiger partial charge in [0.2, 0.25) is 0 Å². The Labute approximate surface area is 260 Å². The Morgan fingerprint density at radius 1 is 0.356 bits per heavy atom. The zero-order chi connectivity index (χ0) is 29.7. The third-order valence-electron chi connectivity index (χ3n) is 8.76. The minimum Gasteiger partial charge on any atom is -0.309 e. The molecule has 0 unspecified atom stereocenters. The molecule has 2 heterocycles. The highest BCUT2D eigenvalue weighted by molar-refractivity contribution is 6.14. The van der Waals surface area contributed by atoms with Crippen molar-refractivity contribution in [1.82, 2.24) is 14.5 Å². The van der Waals surface area contributed by atoms with E-state index >= 15 is 0 Å². The lowest BCUT2D eigenvalue weighted by atomic mass is 10.0. The molecule has 3 nitrogen and oxygen atoms in total. The lowest BCUT2D eigenvalue weighted by molar-refractivity contribution is 1.18. The maximum Gasteiger partial charge on any atom is 0.160 e. The zero-order valence-corrected chi connectivity index (χ0v) is 24.4. The van der Waals surface area contributed by atoms with E-state index in [9.17, 15) is 0 Å². The molecule has 0 spiro atoms. The minimum absolute atomic E-state index is 0.708. The molecule has 0 N–H and O–H groups in total. The van der Waals surface area contributed by atoms with Crippen LogP contribution in [0.5, 0.6) is 0 Å². The highest BCUT2D eigenvalue weighted by Gasteiger charge is 2.16. The van der Waals surface area contributed by atoms with Gasteiger partial charge in [-0.1, -0.05) is 127 Å². The van der Waals surface area contributed by atoms with Gasteiger partial charge in [-0.25, -0.2) is 9.97 Å². The maximum absolute atomic E-state index is 5.11. The standard InChI is InChI=1S/C42H27N3/c1-3-12-29(13-4-1)37-27-38(30-14-5-2-6-15-30)44-42(43-37)33-23-22-28-18-11-21-40(35(28)25-33)45-39-20-10-9-19-34(39)36-24-31-16-7-8-17-32(31)26-41(36)45/h1-27H. The van der Waals surface area contributed by atoms with E-state index in [4.69, 9.17) is 9.97 Å². The fourth-order valence-corrected chi connectivity index (χ4v) is 6.59. The van der Waals surface area contributed by atoms with Crippen LogP contribution in [0.1, 0.15) is 0 Å². The number of aromatic nitrogens is 3. The van der Waals surface area contributed by atoms with Crippen molar-refractivity contribution in [1.29, 1.82) is 0 Å². The summed E-state index contributed by atoms with van der Waals surface area (Å²) in [6.45, 7) is 0. The van der Waals surface area contributed by atoms with Gasteiger partial charge in [0.25, 0.3) is 0 Å². The van der Waals surface area contributed by atoms with Crippen molar-refractivity contribution in [3.63, 3.8) is 0 Å². The van der Waals surface area contributed by atoms with Gasteiger partial charge >= 0.3 is 0 Å². The Morgan fingerprint density at radius 3 is 1.71 bits per heavy atom. The predicted molar refractivity (Wildman–Crippen MR) is 188 cm³/mol. The first-order valence-electron chi connectivity index (χ1n) is 15.3. The van der Waals surface area contributed by atoms with Crippen LogP contribution < -0.4 is 0 Å². The van der Waals surface area contributed by atoms with E-state index in [0.29, 0.717) is 5.82 Å². The number of fused-ring (bicyclic) bond motifs is 5. The van der Waals surface area contributed by atoms with Gasteiger partial charge in [0.1, 0.15) is 0 Å². The molecule has 0 radical (unpaired) electrons. The summed E-state index contributed by atoms with van der Waals surface area (Å²) in [6, 6.07) is 57.9. The van der Waals surface area contributed by atoms with Crippen LogP contribution in [0.25, 0.3) is 82.9 Å². The van der Waals surface area contributed by atoms with Crippen molar-refractivity contribution >= 4 is 43.4 Å². The molecule has 9 rings (SSSR count). The second kappa shape index (κ2) is 10.3. The van der Waals surface area contributed by atoms with Crippen LogP contribution in [-0.2, 0) is 0 Å². The fraction of sp³-hybridized carbons (Fsp3) is 0. The number of para-hydroxylation sites is 1. The van der Waals surface area contributed by atoms with E-state index in [1.807, 2.05) is 12.1 Å². The molecule has 210 valence electrons. The molecule has 0 aliphatic rings. The second-order valence-corrected chi connectivity index (χ2v) is 11.5.